The van der Waals surface area contributed by atoms with E-state index in [-0.39, 0.29) is 11.5 Å². The number of carbonyl (C=O) groups excluding carboxylic acids is 3. The molecule has 4 amide bonds. The molecule has 0 aliphatic heterocycles. The number of nitrogens with one attached hydrogen (secondary N) is 2. The molecule has 0 saturated heterocycles. The Morgan fingerprint density at radius 1 is 1.06 bits per heavy atom. The molecule has 0 unspecified atom stereocenters. The molecule has 8 nitrogen and oxygen atoms in total. The van der Waals surface area contributed by atoms with Gasteiger partial charge in [0, 0.05) is 21.7 Å². The van der Waals surface area contributed by atoms with Crippen molar-refractivity contribution >= 4 is 56.7 Å². The second kappa shape index (κ2) is 8.21. The zero-order valence-corrected chi connectivity index (χ0v) is 17.8. The molecule has 4 rings (SSSR count). The molecule has 0 spiro atoms. The molecule has 0 radical (unpaired) electrons. The number of anilines is 1. The van der Waals surface area contributed by atoms with Gasteiger partial charge in [0.1, 0.15) is 4.83 Å². The second-order valence-electron chi connectivity index (χ2n) is 6.66. The van der Waals surface area contributed by atoms with Gasteiger partial charge in [0.2, 0.25) is 0 Å². The highest BCUT2D eigenvalue weighted by molar-refractivity contribution is 7.20. The Morgan fingerprint density at radius 3 is 2.52 bits per heavy atom. The molecule has 0 atom stereocenters. The summed E-state index contributed by atoms with van der Waals surface area (Å²) in [6, 6.07) is 14.3. The lowest BCUT2D eigenvalue weighted by molar-refractivity contribution is 0.0964. The average Bonchev–Trinajstić information content (AvgIpc) is 3.29. The maximum absolute atomic E-state index is 12.8. The fraction of sp³-hybridized carbons (Fsp3) is 0.0476. The minimum absolute atomic E-state index is 0.196. The number of imide groups is 1. The van der Waals surface area contributed by atoms with Gasteiger partial charge in [-0.05, 0) is 55.5 Å². The van der Waals surface area contributed by atoms with E-state index in [1.54, 1.807) is 35.0 Å². The average molecular weight is 454 g/mol. The highest BCUT2D eigenvalue weighted by atomic mass is 35.5. The van der Waals surface area contributed by atoms with Crippen LogP contribution in [0.25, 0.3) is 15.9 Å². The number of fused-ring (bicyclic) bond motifs is 1. The molecular formula is C21H16ClN5O3S. The number of rotatable bonds is 4. The number of nitrogens with zero attached hydrogens (tertiary/aromatic N) is 2. The van der Waals surface area contributed by atoms with E-state index < -0.39 is 11.9 Å². The molecule has 4 aromatic rings. The number of urea groups is 1. The number of amides is 4. The summed E-state index contributed by atoms with van der Waals surface area (Å²) in [4.78, 5) is 37.0. The van der Waals surface area contributed by atoms with E-state index in [0.29, 0.717) is 15.6 Å². The lowest BCUT2D eigenvalue weighted by atomic mass is 10.2. The predicted molar refractivity (Wildman–Crippen MR) is 120 cm³/mol. The summed E-state index contributed by atoms with van der Waals surface area (Å²) in [5.74, 6) is -0.972. The first-order chi connectivity index (χ1) is 14.8. The van der Waals surface area contributed by atoms with Gasteiger partial charge >= 0.3 is 6.03 Å². The summed E-state index contributed by atoms with van der Waals surface area (Å²) >= 11 is 7.28. The highest BCUT2D eigenvalue weighted by Gasteiger charge is 2.18. The molecule has 0 aliphatic carbocycles. The number of hydrogen-bond acceptors (Lipinski definition) is 5. The molecule has 2 heterocycles. The van der Waals surface area contributed by atoms with E-state index in [1.165, 1.54) is 23.5 Å². The number of aryl methyl sites for hydroxylation is 1. The smallest absolute Gasteiger partial charge is 0.319 e. The van der Waals surface area contributed by atoms with Crippen molar-refractivity contribution in [3.63, 3.8) is 0 Å². The number of primary amides is 1. The maximum atomic E-state index is 12.8. The van der Waals surface area contributed by atoms with Crippen molar-refractivity contribution in [2.75, 3.05) is 5.32 Å². The number of benzene rings is 2. The standard InChI is InChI=1S/C21H16ClN5O3S/c1-11-16-10-17(31-20(16)27(26-11)15-7-5-13(22)6-8-15)19(29)24-14-4-2-3-12(9-14)18(28)25-21(23)30/h2-10H,1H3,(H,24,29)(H3,23,25,28,30). The SMILES string of the molecule is Cc1nn(-c2ccc(Cl)cc2)c2sc(C(=O)Nc3cccc(C(=O)NC(N)=O)c3)cc12. The van der Waals surface area contributed by atoms with Crippen molar-refractivity contribution in [3.8, 4) is 5.69 Å². The quantitative estimate of drug-likeness (QED) is 0.430. The summed E-state index contributed by atoms with van der Waals surface area (Å²) in [6.45, 7) is 1.88. The van der Waals surface area contributed by atoms with Crippen LogP contribution in [0.1, 0.15) is 25.7 Å². The first kappa shape index (κ1) is 20.6. The third-order valence-corrected chi connectivity index (χ3v) is 5.82. The molecule has 10 heteroatoms. The number of halogens is 1. The molecule has 0 bridgehead atoms. The Kier molecular flexibility index (Phi) is 5.45. The van der Waals surface area contributed by atoms with Crippen LogP contribution in [0.5, 0.6) is 0 Å². The molecule has 0 aliphatic rings. The topological polar surface area (TPSA) is 119 Å². The lowest BCUT2D eigenvalue weighted by Crippen LogP contribution is -2.34. The normalized spacial score (nSPS) is 10.8. The summed E-state index contributed by atoms with van der Waals surface area (Å²) in [6.07, 6.45) is 0. The Bertz CT molecular complexity index is 1330. The maximum Gasteiger partial charge on any atom is 0.319 e. The third kappa shape index (κ3) is 4.27. The second-order valence-corrected chi connectivity index (χ2v) is 8.12. The van der Waals surface area contributed by atoms with Crippen molar-refractivity contribution in [3.05, 3.63) is 75.8 Å². The molecular weight excluding hydrogens is 438 g/mol. The van der Waals surface area contributed by atoms with Crippen LogP contribution in [0.3, 0.4) is 0 Å². The van der Waals surface area contributed by atoms with Crippen molar-refractivity contribution in [1.29, 1.82) is 0 Å². The van der Waals surface area contributed by atoms with Crippen molar-refractivity contribution < 1.29 is 14.4 Å². The van der Waals surface area contributed by atoms with Crippen LogP contribution >= 0.6 is 22.9 Å². The van der Waals surface area contributed by atoms with Crippen LogP contribution in [-0.4, -0.2) is 27.6 Å². The Morgan fingerprint density at radius 2 is 1.81 bits per heavy atom. The zero-order valence-electron chi connectivity index (χ0n) is 16.2. The van der Waals surface area contributed by atoms with Crippen LogP contribution in [0, 0.1) is 6.92 Å². The summed E-state index contributed by atoms with van der Waals surface area (Å²) in [7, 11) is 0. The number of nitrogens with two attached hydrogens (primary N) is 1. The third-order valence-electron chi connectivity index (χ3n) is 4.46. The van der Waals surface area contributed by atoms with Crippen molar-refractivity contribution in [2.24, 2.45) is 5.73 Å². The fourth-order valence-electron chi connectivity index (χ4n) is 3.03. The van der Waals surface area contributed by atoms with Gasteiger partial charge in [-0.25, -0.2) is 9.48 Å². The van der Waals surface area contributed by atoms with Gasteiger partial charge in [-0.1, -0.05) is 17.7 Å². The van der Waals surface area contributed by atoms with E-state index in [0.717, 1.165) is 21.6 Å². The highest BCUT2D eigenvalue weighted by Crippen LogP contribution is 2.31. The Balaban J connectivity index is 1.60. The van der Waals surface area contributed by atoms with Crippen LogP contribution in [-0.2, 0) is 0 Å². The van der Waals surface area contributed by atoms with E-state index in [4.69, 9.17) is 17.3 Å². The Hall–Kier alpha value is -3.69. The van der Waals surface area contributed by atoms with Crippen LogP contribution in [0.15, 0.2) is 54.6 Å². The van der Waals surface area contributed by atoms with Gasteiger partial charge in [0.25, 0.3) is 11.8 Å². The van der Waals surface area contributed by atoms with Crippen LogP contribution < -0.4 is 16.4 Å². The van der Waals surface area contributed by atoms with Crippen molar-refractivity contribution in [2.45, 2.75) is 6.92 Å². The summed E-state index contributed by atoms with van der Waals surface area (Å²) < 4.78 is 1.78. The van der Waals surface area contributed by atoms with Gasteiger partial charge in [0.15, 0.2) is 0 Å². The minimum Gasteiger partial charge on any atom is -0.351 e. The van der Waals surface area contributed by atoms with E-state index in [2.05, 4.69) is 10.4 Å². The predicted octanol–water partition coefficient (Wildman–Crippen LogP) is 4.11. The minimum atomic E-state index is -0.949. The monoisotopic (exact) mass is 453 g/mol. The number of thiophene rings is 1. The molecule has 0 fully saturated rings. The van der Waals surface area contributed by atoms with Gasteiger partial charge in [-0.3, -0.25) is 14.9 Å². The van der Waals surface area contributed by atoms with Crippen LogP contribution in [0.4, 0.5) is 10.5 Å². The van der Waals surface area contributed by atoms with Gasteiger partial charge < -0.3 is 11.1 Å². The van der Waals surface area contributed by atoms with Gasteiger partial charge in [-0.2, -0.15) is 5.10 Å². The first-order valence-electron chi connectivity index (χ1n) is 9.09. The fourth-order valence-corrected chi connectivity index (χ4v) is 4.24. The number of aromatic nitrogens is 2. The van der Waals surface area contributed by atoms with Crippen molar-refractivity contribution in [1.82, 2.24) is 15.1 Å². The number of carbonyl (C=O) groups is 3. The van der Waals surface area contributed by atoms with Gasteiger partial charge in [-0.15, -0.1) is 11.3 Å². The lowest BCUT2D eigenvalue weighted by Gasteiger charge is -2.06. The van der Waals surface area contributed by atoms with Crippen LogP contribution in [0.2, 0.25) is 5.02 Å². The van der Waals surface area contributed by atoms with E-state index in [1.807, 2.05) is 24.4 Å². The molecule has 4 N–H and O–H groups in total. The molecule has 2 aromatic carbocycles. The number of hydrogen-bond donors (Lipinski definition) is 3. The zero-order chi connectivity index (χ0) is 22.1. The molecule has 156 valence electrons. The van der Waals surface area contributed by atoms with E-state index >= 15 is 0 Å². The largest absolute Gasteiger partial charge is 0.351 e. The Labute approximate surface area is 185 Å². The first-order valence-corrected chi connectivity index (χ1v) is 10.3. The summed E-state index contributed by atoms with van der Waals surface area (Å²) in [5, 5.41) is 10.8. The van der Waals surface area contributed by atoms with Gasteiger partial charge in [0.05, 0.1) is 16.3 Å². The summed E-state index contributed by atoms with van der Waals surface area (Å²) in [5.41, 5.74) is 7.22. The molecule has 31 heavy (non-hydrogen) atoms. The molecule has 0 saturated carbocycles. The molecule has 2 aromatic heterocycles. The van der Waals surface area contributed by atoms with E-state index in [9.17, 15) is 14.4 Å².